The predicted octanol–water partition coefficient (Wildman–Crippen LogP) is 3.44. The van der Waals surface area contributed by atoms with Crippen molar-refractivity contribution in [2.45, 2.75) is 57.2 Å². The topological polar surface area (TPSA) is 40.5 Å². The molecule has 0 atom stereocenters. The van der Waals surface area contributed by atoms with Crippen LogP contribution in [0.1, 0.15) is 44.7 Å². The summed E-state index contributed by atoms with van der Waals surface area (Å²) in [5, 5.41) is 9.72. The second-order valence-corrected chi connectivity index (χ2v) is 7.00. The number of alkyl halides is 3. The second-order valence-electron chi connectivity index (χ2n) is 7.00. The summed E-state index contributed by atoms with van der Waals surface area (Å²) in [5.74, 6) is -0.212. The van der Waals surface area contributed by atoms with Crippen LogP contribution in [0.25, 0.3) is 0 Å². The molecule has 3 nitrogen and oxygen atoms in total. The summed E-state index contributed by atoms with van der Waals surface area (Å²) in [7, 11) is 0. The quantitative estimate of drug-likeness (QED) is 0.913. The lowest BCUT2D eigenvalue weighted by molar-refractivity contribution is -0.272. The molecule has 24 heavy (non-hydrogen) atoms. The Morgan fingerprint density at radius 3 is 2.08 bits per heavy atom. The number of piperidine rings is 1. The average molecular weight is 343 g/mol. The number of carbonyl (C=O) groups is 1. The van der Waals surface area contributed by atoms with Gasteiger partial charge in [-0.1, -0.05) is 31.2 Å². The highest BCUT2D eigenvalue weighted by molar-refractivity contribution is 5.87. The number of nitrogens with zero attached hydrogens (tertiary/aromatic N) is 1. The zero-order valence-electron chi connectivity index (χ0n) is 14.3. The van der Waals surface area contributed by atoms with Crippen LogP contribution in [0.4, 0.5) is 13.2 Å². The van der Waals surface area contributed by atoms with Crippen molar-refractivity contribution in [1.29, 1.82) is 0 Å². The van der Waals surface area contributed by atoms with Crippen molar-refractivity contribution in [3.05, 3.63) is 35.4 Å². The molecule has 0 aliphatic carbocycles. The monoisotopic (exact) mass is 343 g/mol. The van der Waals surface area contributed by atoms with Crippen LogP contribution >= 0.6 is 0 Å². The van der Waals surface area contributed by atoms with E-state index in [-0.39, 0.29) is 19.0 Å². The molecule has 0 saturated carbocycles. The maximum absolute atomic E-state index is 12.9. The van der Waals surface area contributed by atoms with Crippen LogP contribution in [-0.4, -0.2) is 40.8 Å². The van der Waals surface area contributed by atoms with Crippen LogP contribution < -0.4 is 0 Å². The van der Waals surface area contributed by atoms with Gasteiger partial charge in [-0.15, -0.1) is 0 Å². The SMILES string of the molecule is CCc1ccc(C(C)(C)C(=O)N2CCC(O)(C(F)(F)F)CC2)cc1. The van der Waals surface area contributed by atoms with Crippen LogP contribution in [0.15, 0.2) is 24.3 Å². The van der Waals surface area contributed by atoms with Crippen molar-refractivity contribution < 1.29 is 23.1 Å². The summed E-state index contributed by atoms with van der Waals surface area (Å²) < 4.78 is 38.6. The Labute approximate surface area is 140 Å². The molecule has 1 aliphatic heterocycles. The summed E-state index contributed by atoms with van der Waals surface area (Å²) >= 11 is 0. The number of halogens is 3. The number of hydrogen-bond acceptors (Lipinski definition) is 2. The van der Waals surface area contributed by atoms with E-state index in [4.69, 9.17) is 0 Å². The fraction of sp³-hybridized carbons (Fsp3) is 0.611. The molecule has 1 aliphatic rings. The smallest absolute Gasteiger partial charge is 0.380 e. The van der Waals surface area contributed by atoms with Gasteiger partial charge in [-0.3, -0.25) is 4.79 Å². The summed E-state index contributed by atoms with van der Waals surface area (Å²) in [6, 6.07) is 7.71. The molecule has 1 fully saturated rings. The lowest BCUT2D eigenvalue weighted by atomic mass is 9.81. The van der Waals surface area contributed by atoms with E-state index >= 15 is 0 Å². The summed E-state index contributed by atoms with van der Waals surface area (Å²) in [4.78, 5) is 14.2. The van der Waals surface area contributed by atoms with Crippen molar-refractivity contribution in [1.82, 2.24) is 4.90 Å². The highest BCUT2D eigenvalue weighted by Gasteiger charge is 2.55. The maximum atomic E-state index is 12.9. The molecule has 1 amide bonds. The third kappa shape index (κ3) is 3.43. The van der Waals surface area contributed by atoms with Crippen LogP contribution in [0, 0.1) is 0 Å². The predicted molar refractivity (Wildman–Crippen MR) is 85.7 cm³/mol. The van der Waals surface area contributed by atoms with Crippen LogP contribution in [0.5, 0.6) is 0 Å². The summed E-state index contributed by atoms with van der Waals surface area (Å²) in [6.45, 7) is 5.42. The molecule has 6 heteroatoms. The largest absolute Gasteiger partial charge is 0.417 e. The minimum absolute atomic E-state index is 0.0919. The molecule has 0 spiro atoms. The second kappa shape index (κ2) is 6.39. The molecule has 0 bridgehead atoms. The number of aliphatic hydroxyl groups is 1. The number of rotatable bonds is 3. The van der Waals surface area contributed by atoms with Gasteiger partial charge in [0.05, 0.1) is 5.41 Å². The van der Waals surface area contributed by atoms with Gasteiger partial charge in [-0.25, -0.2) is 0 Å². The van der Waals surface area contributed by atoms with Crippen molar-refractivity contribution in [3.63, 3.8) is 0 Å². The molecule has 1 aromatic rings. The van der Waals surface area contributed by atoms with Crippen molar-refractivity contribution in [2.24, 2.45) is 0 Å². The number of likely N-dealkylation sites (tertiary alicyclic amines) is 1. The van der Waals surface area contributed by atoms with E-state index in [2.05, 4.69) is 0 Å². The van der Waals surface area contributed by atoms with E-state index < -0.39 is 30.0 Å². The van der Waals surface area contributed by atoms with Gasteiger partial charge in [0.2, 0.25) is 5.91 Å². The minimum Gasteiger partial charge on any atom is -0.380 e. The van der Waals surface area contributed by atoms with Gasteiger partial charge < -0.3 is 10.0 Å². The number of amides is 1. The normalized spacial score (nSPS) is 18.5. The van der Waals surface area contributed by atoms with Gasteiger partial charge in [-0.05, 0) is 31.4 Å². The van der Waals surface area contributed by atoms with E-state index in [9.17, 15) is 23.1 Å². The van der Waals surface area contributed by atoms with Gasteiger partial charge >= 0.3 is 6.18 Å². The molecule has 134 valence electrons. The van der Waals surface area contributed by atoms with E-state index in [1.54, 1.807) is 13.8 Å². The fourth-order valence-corrected chi connectivity index (χ4v) is 3.04. The van der Waals surface area contributed by atoms with Gasteiger partial charge in [0.25, 0.3) is 0 Å². The molecule has 1 heterocycles. The van der Waals surface area contributed by atoms with E-state index in [1.165, 1.54) is 4.90 Å². The molecular weight excluding hydrogens is 319 g/mol. The third-order valence-electron chi connectivity index (χ3n) is 5.02. The summed E-state index contributed by atoms with van der Waals surface area (Å²) in [5.41, 5.74) is -1.51. The van der Waals surface area contributed by atoms with E-state index in [0.29, 0.717) is 0 Å². The van der Waals surface area contributed by atoms with Crippen molar-refractivity contribution in [2.75, 3.05) is 13.1 Å². The average Bonchev–Trinajstić information content (AvgIpc) is 2.54. The zero-order chi connectivity index (χ0) is 18.2. The van der Waals surface area contributed by atoms with Crippen molar-refractivity contribution >= 4 is 5.91 Å². The Morgan fingerprint density at radius 2 is 1.67 bits per heavy atom. The molecule has 0 aromatic heterocycles. The maximum Gasteiger partial charge on any atom is 0.417 e. The van der Waals surface area contributed by atoms with E-state index in [0.717, 1.165) is 17.5 Å². The van der Waals surface area contributed by atoms with Gasteiger partial charge in [0.15, 0.2) is 5.60 Å². The Kier molecular flexibility index (Phi) is 5.00. The number of carbonyl (C=O) groups excluding carboxylic acids is 1. The standard InChI is InChI=1S/C18H24F3NO2/c1-4-13-5-7-14(8-6-13)16(2,3)15(23)22-11-9-17(24,10-12-22)18(19,20)21/h5-8,24H,4,9-12H2,1-3H3. The van der Waals surface area contributed by atoms with Crippen LogP contribution in [0.3, 0.4) is 0 Å². The first-order chi connectivity index (χ1) is 11.0. The first-order valence-corrected chi connectivity index (χ1v) is 8.19. The van der Waals surface area contributed by atoms with Crippen molar-refractivity contribution in [3.8, 4) is 0 Å². The Hall–Kier alpha value is -1.56. The Balaban J connectivity index is 2.11. The molecule has 0 unspecified atom stereocenters. The van der Waals surface area contributed by atoms with Gasteiger partial charge in [0.1, 0.15) is 0 Å². The van der Waals surface area contributed by atoms with Gasteiger partial charge in [-0.2, -0.15) is 13.2 Å². The Morgan fingerprint density at radius 1 is 1.17 bits per heavy atom. The van der Waals surface area contributed by atoms with E-state index in [1.807, 2.05) is 31.2 Å². The summed E-state index contributed by atoms with van der Waals surface area (Å²) in [6.07, 6.45) is -4.72. The molecular formula is C18H24F3NO2. The molecule has 1 aromatic carbocycles. The first-order valence-electron chi connectivity index (χ1n) is 8.19. The minimum atomic E-state index is -4.66. The molecule has 1 saturated heterocycles. The van der Waals surface area contributed by atoms with Crippen LogP contribution in [0.2, 0.25) is 0 Å². The number of benzene rings is 1. The first kappa shape index (κ1) is 18.8. The highest BCUT2D eigenvalue weighted by atomic mass is 19.4. The number of aryl methyl sites for hydroxylation is 1. The fourth-order valence-electron chi connectivity index (χ4n) is 3.04. The molecule has 1 N–H and O–H groups in total. The van der Waals surface area contributed by atoms with Crippen LogP contribution in [-0.2, 0) is 16.6 Å². The number of hydrogen-bond donors (Lipinski definition) is 1. The highest BCUT2D eigenvalue weighted by Crippen LogP contribution is 2.39. The third-order valence-corrected chi connectivity index (χ3v) is 5.02. The lowest BCUT2D eigenvalue weighted by Crippen LogP contribution is -2.56. The molecule has 0 radical (unpaired) electrons. The zero-order valence-corrected chi connectivity index (χ0v) is 14.3. The molecule has 2 rings (SSSR count). The Bertz CT molecular complexity index is 585. The lowest BCUT2D eigenvalue weighted by Gasteiger charge is -2.41. The van der Waals surface area contributed by atoms with Gasteiger partial charge in [0, 0.05) is 25.9 Å².